The molecule has 1 fully saturated rings. The van der Waals surface area contributed by atoms with Gasteiger partial charge in [-0.15, -0.1) is 0 Å². The number of anilines is 1. The van der Waals surface area contributed by atoms with Gasteiger partial charge in [-0.3, -0.25) is 14.9 Å². The predicted molar refractivity (Wildman–Crippen MR) is 77.7 cm³/mol. The van der Waals surface area contributed by atoms with Crippen LogP contribution in [-0.4, -0.2) is 32.9 Å². The SMILES string of the molecule is CC1(CNC(=O)c2cc(N)ncc2[N+](=O)[O-])CCCS1. The van der Waals surface area contributed by atoms with Crippen LogP contribution in [0.1, 0.15) is 30.1 Å². The van der Waals surface area contributed by atoms with Crippen LogP contribution in [0, 0.1) is 10.1 Å². The molecule has 0 aromatic carbocycles. The van der Waals surface area contributed by atoms with Crippen molar-refractivity contribution in [1.29, 1.82) is 0 Å². The highest BCUT2D eigenvalue weighted by atomic mass is 32.2. The molecule has 1 aromatic heterocycles. The summed E-state index contributed by atoms with van der Waals surface area (Å²) in [6.07, 6.45) is 3.16. The summed E-state index contributed by atoms with van der Waals surface area (Å²) in [5, 5.41) is 13.7. The maximum absolute atomic E-state index is 12.1. The van der Waals surface area contributed by atoms with Crippen molar-refractivity contribution in [3.05, 3.63) is 27.9 Å². The lowest BCUT2D eigenvalue weighted by Gasteiger charge is -2.22. The minimum absolute atomic E-state index is 0.00299. The molecule has 1 saturated heterocycles. The van der Waals surface area contributed by atoms with Crippen molar-refractivity contribution in [2.24, 2.45) is 0 Å². The zero-order chi connectivity index (χ0) is 14.8. The Hall–Kier alpha value is -1.83. The van der Waals surface area contributed by atoms with Crippen LogP contribution in [0.15, 0.2) is 12.3 Å². The van der Waals surface area contributed by atoms with Crippen molar-refractivity contribution >= 4 is 29.2 Å². The second kappa shape index (κ2) is 5.66. The first-order valence-electron chi connectivity index (χ1n) is 6.23. The molecular formula is C12H16N4O3S. The van der Waals surface area contributed by atoms with Crippen LogP contribution >= 0.6 is 11.8 Å². The van der Waals surface area contributed by atoms with Gasteiger partial charge in [-0.2, -0.15) is 11.8 Å². The number of pyridine rings is 1. The Morgan fingerprint density at radius 3 is 3.05 bits per heavy atom. The summed E-state index contributed by atoms with van der Waals surface area (Å²) < 4.78 is 0.00299. The lowest BCUT2D eigenvalue weighted by atomic mass is 10.1. The average Bonchev–Trinajstić information content (AvgIpc) is 2.83. The van der Waals surface area contributed by atoms with E-state index in [0.717, 1.165) is 24.8 Å². The zero-order valence-corrected chi connectivity index (χ0v) is 11.9. The van der Waals surface area contributed by atoms with E-state index in [1.165, 1.54) is 6.07 Å². The fourth-order valence-corrected chi connectivity index (χ4v) is 3.37. The molecule has 1 amide bonds. The molecule has 0 radical (unpaired) electrons. The summed E-state index contributed by atoms with van der Waals surface area (Å²) in [5.74, 6) is 0.677. The van der Waals surface area contributed by atoms with E-state index >= 15 is 0 Å². The van der Waals surface area contributed by atoms with Gasteiger partial charge in [0.15, 0.2) is 0 Å². The third-order valence-electron chi connectivity index (χ3n) is 3.27. The van der Waals surface area contributed by atoms with Gasteiger partial charge in [-0.1, -0.05) is 0 Å². The Labute approximate surface area is 120 Å². The molecule has 8 heteroatoms. The van der Waals surface area contributed by atoms with Crippen molar-refractivity contribution in [3.8, 4) is 0 Å². The van der Waals surface area contributed by atoms with Gasteiger partial charge in [0.1, 0.15) is 17.6 Å². The first-order chi connectivity index (χ1) is 9.41. The van der Waals surface area contributed by atoms with Crippen LogP contribution in [-0.2, 0) is 0 Å². The van der Waals surface area contributed by atoms with E-state index in [4.69, 9.17) is 5.73 Å². The van der Waals surface area contributed by atoms with Crippen LogP contribution in [0.2, 0.25) is 0 Å². The lowest BCUT2D eigenvalue weighted by Crippen LogP contribution is -2.37. The topological polar surface area (TPSA) is 111 Å². The van der Waals surface area contributed by atoms with Crippen molar-refractivity contribution in [2.45, 2.75) is 24.5 Å². The van der Waals surface area contributed by atoms with E-state index in [0.29, 0.717) is 6.54 Å². The van der Waals surface area contributed by atoms with E-state index in [2.05, 4.69) is 17.2 Å². The highest BCUT2D eigenvalue weighted by Crippen LogP contribution is 2.37. The largest absolute Gasteiger partial charge is 0.384 e. The number of nitro groups is 1. The van der Waals surface area contributed by atoms with Gasteiger partial charge in [-0.25, -0.2) is 4.98 Å². The smallest absolute Gasteiger partial charge is 0.300 e. The normalized spacial score (nSPS) is 21.6. The fraction of sp³-hybridized carbons (Fsp3) is 0.500. The van der Waals surface area contributed by atoms with Crippen molar-refractivity contribution in [2.75, 3.05) is 18.0 Å². The molecular weight excluding hydrogens is 280 g/mol. The molecule has 108 valence electrons. The van der Waals surface area contributed by atoms with Gasteiger partial charge < -0.3 is 11.1 Å². The van der Waals surface area contributed by atoms with Crippen molar-refractivity contribution < 1.29 is 9.72 Å². The monoisotopic (exact) mass is 296 g/mol. The van der Waals surface area contributed by atoms with Crippen molar-refractivity contribution in [3.63, 3.8) is 0 Å². The quantitative estimate of drug-likeness (QED) is 0.644. The van der Waals surface area contributed by atoms with E-state index < -0.39 is 10.8 Å². The van der Waals surface area contributed by atoms with Crippen LogP contribution in [0.5, 0.6) is 0 Å². The molecule has 0 aliphatic carbocycles. The molecule has 0 saturated carbocycles. The third-order valence-corrected chi connectivity index (χ3v) is 4.81. The number of hydrogen-bond donors (Lipinski definition) is 2. The van der Waals surface area contributed by atoms with E-state index in [9.17, 15) is 14.9 Å². The maximum atomic E-state index is 12.1. The Morgan fingerprint density at radius 1 is 1.70 bits per heavy atom. The van der Waals surface area contributed by atoms with Gasteiger partial charge in [0, 0.05) is 11.3 Å². The van der Waals surface area contributed by atoms with Crippen molar-refractivity contribution in [1.82, 2.24) is 10.3 Å². The molecule has 1 aliphatic heterocycles. The molecule has 0 spiro atoms. The number of carbonyl (C=O) groups excluding carboxylic acids is 1. The Balaban J connectivity index is 2.12. The number of nitrogens with two attached hydrogens (primary N) is 1. The highest BCUT2D eigenvalue weighted by Gasteiger charge is 2.30. The number of hydrogen-bond acceptors (Lipinski definition) is 6. The van der Waals surface area contributed by atoms with E-state index in [1.807, 2.05) is 11.8 Å². The van der Waals surface area contributed by atoms with Gasteiger partial charge >= 0.3 is 0 Å². The molecule has 2 heterocycles. The summed E-state index contributed by atoms with van der Waals surface area (Å²) in [7, 11) is 0. The first kappa shape index (κ1) is 14.6. The minimum atomic E-state index is -0.632. The molecule has 1 unspecified atom stereocenters. The number of nitrogens with zero attached hydrogens (tertiary/aromatic N) is 2. The van der Waals surface area contributed by atoms with Gasteiger partial charge in [0.05, 0.1) is 4.92 Å². The first-order valence-corrected chi connectivity index (χ1v) is 7.22. The molecule has 3 N–H and O–H groups in total. The molecule has 7 nitrogen and oxygen atoms in total. The zero-order valence-electron chi connectivity index (χ0n) is 11.1. The standard InChI is InChI=1S/C12H16N4O3S/c1-12(3-2-4-20-12)7-15-11(17)8-5-10(13)14-6-9(8)16(18)19/h5-6H,2-4,7H2,1H3,(H2,13,14)(H,15,17). The number of nitrogen functional groups attached to an aromatic ring is 1. The molecule has 1 aliphatic rings. The Bertz CT molecular complexity index is 544. The van der Waals surface area contributed by atoms with E-state index in [-0.39, 0.29) is 21.8 Å². The molecule has 1 atom stereocenters. The Morgan fingerprint density at radius 2 is 2.45 bits per heavy atom. The van der Waals surface area contributed by atoms with Crippen LogP contribution in [0.25, 0.3) is 0 Å². The fourth-order valence-electron chi connectivity index (χ4n) is 2.13. The molecule has 2 rings (SSSR count). The summed E-state index contributed by atoms with van der Waals surface area (Å²) >= 11 is 1.81. The van der Waals surface area contributed by atoms with E-state index in [1.54, 1.807) is 0 Å². The summed E-state index contributed by atoms with van der Waals surface area (Å²) in [4.78, 5) is 26.0. The molecule has 0 bridgehead atoms. The highest BCUT2D eigenvalue weighted by molar-refractivity contribution is 8.00. The van der Waals surface area contributed by atoms with Gasteiger partial charge in [0.2, 0.25) is 0 Å². The number of thioether (sulfide) groups is 1. The molecule has 1 aromatic rings. The second-order valence-electron chi connectivity index (χ2n) is 4.97. The second-order valence-corrected chi connectivity index (χ2v) is 6.65. The summed E-state index contributed by atoms with van der Waals surface area (Å²) in [6, 6.07) is 1.23. The number of amides is 1. The Kier molecular flexibility index (Phi) is 4.12. The van der Waals surface area contributed by atoms with Crippen LogP contribution in [0.3, 0.4) is 0 Å². The summed E-state index contributed by atoms with van der Waals surface area (Å²) in [6.45, 7) is 2.57. The van der Waals surface area contributed by atoms with Crippen LogP contribution < -0.4 is 11.1 Å². The van der Waals surface area contributed by atoms with Gasteiger partial charge in [0.25, 0.3) is 11.6 Å². The number of nitrogens with one attached hydrogen (secondary N) is 1. The third kappa shape index (κ3) is 3.19. The lowest BCUT2D eigenvalue weighted by molar-refractivity contribution is -0.385. The molecule has 20 heavy (non-hydrogen) atoms. The van der Waals surface area contributed by atoms with Crippen LogP contribution in [0.4, 0.5) is 11.5 Å². The maximum Gasteiger partial charge on any atom is 0.300 e. The average molecular weight is 296 g/mol. The van der Waals surface area contributed by atoms with Gasteiger partial charge in [-0.05, 0) is 31.6 Å². The number of carbonyl (C=O) groups is 1. The number of aromatic nitrogens is 1. The number of rotatable bonds is 4. The minimum Gasteiger partial charge on any atom is -0.384 e. The summed E-state index contributed by atoms with van der Waals surface area (Å²) in [5.41, 5.74) is 5.11. The predicted octanol–water partition coefficient (Wildman–Crippen LogP) is 1.59.